The fraction of sp³-hybridized carbons (Fsp3) is 0.211. The Labute approximate surface area is 165 Å². The van der Waals surface area contributed by atoms with Gasteiger partial charge in [-0.1, -0.05) is 11.8 Å². The predicted octanol–water partition coefficient (Wildman–Crippen LogP) is 1.18. The van der Waals surface area contributed by atoms with Gasteiger partial charge in [0.05, 0.1) is 24.2 Å². The van der Waals surface area contributed by atoms with Crippen molar-refractivity contribution in [2.45, 2.75) is 6.42 Å². The number of non-ortho nitro benzene ring substituents is 1. The largest absolute Gasteiger partial charge is 0.872 e. The molecule has 0 saturated carbocycles. The molecule has 1 heterocycles. The Morgan fingerprint density at radius 1 is 1.31 bits per heavy atom. The van der Waals surface area contributed by atoms with Crippen molar-refractivity contribution in [1.29, 1.82) is 0 Å². The van der Waals surface area contributed by atoms with Gasteiger partial charge in [-0.05, 0) is 29.8 Å². The second kappa shape index (κ2) is 8.38. The van der Waals surface area contributed by atoms with Gasteiger partial charge in [0.2, 0.25) is 11.8 Å². The minimum atomic E-state index is -0.632. The van der Waals surface area contributed by atoms with Crippen molar-refractivity contribution in [3.05, 3.63) is 58.1 Å². The molecule has 0 bridgehead atoms. The van der Waals surface area contributed by atoms with Gasteiger partial charge in [0.1, 0.15) is 5.75 Å². The van der Waals surface area contributed by atoms with E-state index < -0.39 is 22.5 Å². The number of nitrogens with zero attached hydrogens (tertiary/aromatic N) is 3. The second-order valence-electron chi connectivity index (χ2n) is 6.32. The lowest BCUT2D eigenvalue weighted by Crippen LogP contribution is -2.30. The molecule has 1 fully saturated rings. The summed E-state index contributed by atoms with van der Waals surface area (Å²) < 4.78 is 5.08. The summed E-state index contributed by atoms with van der Waals surface area (Å²) in [4.78, 5) is 36.2. The van der Waals surface area contributed by atoms with Gasteiger partial charge in [0.15, 0.2) is 0 Å². The highest BCUT2D eigenvalue weighted by Crippen LogP contribution is 2.27. The van der Waals surface area contributed by atoms with Crippen LogP contribution >= 0.6 is 0 Å². The number of anilines is 1. The molecular formula is C19H17N4O6-. The molecule has 10 heteroatoms. The van der Waals surface area contributed by atoms with Crippen LogP contribution in [0.4, 0.5) is 11.4 Å². The number of ether oxygens (including phenoxy) is 1. The number of methoxy groups -OCH3 is 1. The van der Waals surface area contributed by atoms with Crippen LogP contribution in [0, 0.1) is 16.0 Å². The molecule has 1 atom stereocenters. The highest BCUT2D eigenvalue weighted by Gasteiger charge is 2.35. The molecule has 2 aromatic carbocycles. The fourth-order valence-corrected chi connectivity index (χ4v) is 2.90. The zero-order valence-electron chi connectivity index (χ0n) is 15.4. The molecule has 3 rings (SSSR count). The molecule has 1 aliphatic heterocycles. The number of rotatable bonds is 6. The van der Waals surface area contributed by atoms with Crippen molar-refractivity contribution in [3.63, 3.8) is 0 Å². The van der Waals surface area contributed by atoms with Crippen LogP contribution in [-0.4, -0.2) is 36.6 Å². The number of amides is 2. The molecule has 2 aromatic rings. The maximum absolute atomic E-state index is 12.3. The van der Waals surface area contributed by atoms with E-state index in [-0.39, 0.29) is 30.1 Å². The number of benzene rings is 2. The predicted molar refractivity (Wildman–Crippen MR) is 102 cm³/mol. The minimum Gasteiger partial charge on any atom is -0.872 e. The monoisotopic (exact) mass is 397 g/mol. The first-order valence-corrected chi connectivity index (χ1v) is 8.62. The SMILES string of the molecule is COc1ccc(N2C[C@H](C(=O)N/N=C\c3cc([N+](=O)[O-])ccc3[O-])CC2=O)cc1. The average molecular weight is 397 g/mol. The molecule has 150 valence electrons. The summed E-state index contributed by atoms with van der Waals surface area (Å²) in [6.07, 6.45) is 1.07. The molecule has 0 aromatic heterocycles. The first-order valence-electron chi connectivity index (χ1n) is 8.62. The van der Waals surface area contributed by atoms with Gasteiger partial charge in [0.25, 0.3) is 5.69 Å². The Balaban J connectivity index is 1.63. The van der Waals surface area contributed by atoms with Crippen molar-refractivity contribution >= 4 is 29.4 Å². The number of carbonyl (C=O) groups excluding carboxylic acids is 2. The van der Waals surface area contributed by atoms with Crippen LogP contribution in [0.1, 0.15) is 12.0 Å². The second-order valence-corrected chi connectivity index (χ2v) is 6.32. The normalized spacial score (nSPS) is 16.2. The van der Waals surface area contributed by atoms with Crippen molar-refractivity contribution in [2.75, 3.05) is 18.6 Å². The number of carbonyl (C=O) groups is 2. The van der Waals surface area contributed by atoms with Crippen molar-refractivity contribution < 1.29 is 24.4 Å². The van der Waals surface area contributed by atoms with Gasteiger partial charge in [-0.15, -0.1) is 0 Å². The number of hydrogen-bond donors (Lipinski definition) is 1. The van der Waals surface area contributed by atoms with Crippen LogP contribution in [0.15, 0.2) is 47.6 Å². The molecule has 29 heavy (non-hydrogen) atoms. The number of nitro groups is 1. The number of hydrazone groups is 1. The van der Waals surface area contributed by atoms with Crippen LogP contribution in [0.2, 0.25) is 0 Å². The van der Waals surface area contributed by atoms with E-state index in [0.717, 1.165) is 24.4 Å². The molecule has 2 amide bonds. The summed E-state index contributed by atoms with van der Waals surface area (Å²) in [7, 11) is 1.54. The standard InChI is InChI=1S/C19H18N4O6/c1-29-16-5-2-14(3-6-16)22-11-13(9-18(22)25)19(26)21-20-10-12-8-15(23(27)28)4-7-17(12)24/h2-8,10,13,24H,9,11H2,1H3,(H,21,26)/p-1/b20-10-/t13-/m1/s1. The zero-order chi connectivity index (χ0) is 21.0. The van der Waals surface area contributed by atoms with Crippen molar-refractivity contribution in [1.82, 2.24) is 5.43 Å². The zero-order valence-corrected chi connectivity index (χ0v) is 15.4. The van der Waals surface area contributed by atoms with E-state index in [0.29, 0.717) is 11.4 Å². The van der Waals surface area contributed by atoms with Crippen LogP contribution in [0.3, 0.4) is 0 Å². The van der Waals surface area contributed by atoms with E-state index in [1.807, 2.05) is 0 Å². The lowest BCUT2D eigenvalue weighted by Gasteiger charge is -2.16. The minimum absolute atomic E-state index is 0.0248. The van der Waals surface area contributed by atoms with E-state index >= 15 is 0 Å². The summed E-state index contributed by atoms with van der Waals surface area (Å²) >= 11 is 0. The van der Waals surface area contributed by atoms with Gasteiger partial charge in [-0.2, -0.15) is 5.10 Å². The molecule has 1 aliphatic rings. The number of nitro benzene ring substituents is 1. The van der Waals surface area contributed by atoms with E-state index in [9.17, 15) is 24.8 Å². The van der Waals surface area contributed by atoms with Crippen molar-refractivity contribution in [3.8, 4) is 11.5 Å². The molecule has 0 spiro atoms. The number of nitrogens with one attached hydrogen (secondary N) is 1. The van der Waals surface area contributed by atoms with Crippen LogP contribution in [-0.2, 0) is 9.59 Å². The van der Waals surface area contributed by atoms with E-state index in [1.165, 1.54) is 4.90 Å². The van der Waals surface area contributed by atoms with Gasteiger partial charge < -0.3 is 14.7 Å². The van der Waals surface area contributed by atoms with Gasteiger partial charge >= 0.3 is 0 Å². The van der Waals surface area contributed by atoms with Crippen LogP contribution in [0.5, 0.6) is 11.5 Å². The molecule has 1 saturated heterocycles. The summed E-state index contributed by atoms with van der Waals surface area (Å²) in [5.74, 6) is -1.10. The van der Waals surface area contributed by atoms with Crippen LogP contribution in [0.25, 0.3) is 0 Å². The highest BCUT2D eigenvalue weighted by molar-refractivity contribution is 6.00. The third-order valence-corrected chi connectivity index (χ3v) is 4.46. The first kappa shape index (κ1) is 19.8. The summed E-state index contributed by atoms with van der Waals surface area (Å²) in [6.45, 7) is 0.191. The summed E-state index contributed by atoms with van der Waals surface area (Å²) in [5, 5.41) is 26.2. The lowest BCUT2D eigenvalue weighted by atomic mass is 10.1. The van der Waals surface area contributed by atoms with E-state index in [4.69, 9.17) is 4.74 Å². The Kier molecular flexibility index (Phi) is 5.72. The summed E-state index contributed by atoms with van der Waals surface area (Å²) in [6, 6.07) is 10.1. The maximum atomic E-state index is 12.3. The van der Waals surface area contributed by atoms with E-state index in [2.05, 4.69) is 10.5 Å². The average Bonchev–Trinajstić information content (AvgIpc) is 3.11. The topological polar surface area (TPSA) is 137 Å². The molecule has 10 nitrogen and oxygen atoms in total. The lowest BCUT2D eigenvalue weighted by molar-refractivity contribution is -0.385. The smallest absolute Gasteiger partial charge is 0.270 e. The van der Waals surface area contributed by atoms with Gasteiger partial charge in [-0.3, -0.25) is 19.7 Å². The fourth-order valence-electron chi connectivity index (χ4n) is 2.90. The van der Waals surface area contributed by atoms with Crippen LogP contribution < -0.4 is 20.2 Å². The number of hydrogen-bond acceptors (Lipinski definition) is 7. The third-order valence-electron chi connectivity index (χ3n) is 4.46. The Morgan fingerprint density at radius 3 is 2.69 bits per heavy atom. The highest BCUT2D eigenvalue weighted by atomic mass is 16.6. The Bertz CT molecular complexity index is 973. The molecule has 1 N–H and O–H groups in total. The molecule has 0 aliphatic carbocycles. The molecule has 0 unspecified atom stereocenters. The van der Waals surface area contributed by atoms with Gasteiger partial charge in [-0.25, -0.2) is 5.43 Å². The Morgan fingerprint density at radius 2 is 2.03 bits per heavy atom. The maximum Gasteiger partial charge on any atom is 0.270 e. The molecule has 0 radical (unpaired) electrons. The van der Waals surface area contributed by atoms with E-state index in [1.54, 1.807) is 31.4 Å². The van der Waals surface area contributed by atoms with Crippen molar-refractivity contribution in [2.24, 2.45) is 11.0 Å². The molecular weight excluding hydrogens is 380 g/mol. The quantitative estimate of drug-likeness (QED) is 0.441. The first-order chi connectivity index (χ1) is 13.9. The Hall–Kier alpha value is -3.95. The summed E-state index contributed by atoms with van der Waals surface area (Å²) in [5.41, 5.74) is 2.66. The third kappa shape index (κ3) is 4.49. The van der Waals surface area contributed by atoms with Gasteiger partial charge in [0, 0.05) is 30.8 Å².